The van der Waals surface area contributed by atoms with Gasteiger partial charge in [-0.3, -0.25) is 4.79 Å². The van der Waals surface area contributed by atoms with Gasteiger partial charge in [0.1, 0.15) is 0 Å². The number of carbonyl (C=O) groups excluding carboxylic acids is 1. The van der Waals surface area contributed by atoms with Gasteiger partial charge in [0.05, 0.1) is 12.6 Å². The van der Waals surface area contributed by atoms with Crippen molar-refractivity contribution in [1.29, 1.82) is 0 Å². The molecule has 0 aliphatic rings. The Balaban J connectivity index is 3.61. The van der Waals surface area contributed by atoms with Gasteiger partial charge in [0.2, 0.25) is 0 Å². The Morgan fingerprint density at radius 2 is 2.00 bits per heavy atom. The van der Waals surface area contributed by atoms with E-state index in [9.17, 15) is 9.59 Å². The first-order valence-corrected chi connectivity index (χ1v) is 5.32. The number of amides is 2. The van der Waals surface area contributed by atoms with Crippen LogP contribution in [0.4, 0.5) is 4.79 Å². The van der Waals surface area contributed by atoms with Crippen LogP contribution in [0.1, 0.15) is 26.2 Å². The predicted molar refractivity (Wildman–Crippen MR) is 59.2 cm³/mol. The number of aliphatic hydroxyl groups is 1. The van der Waals surface area contributed by atoms with Gasteiger partial charge in [-0.1, -0.05) is 0 Å². The molecule has 6 nitrogen and oxygen atoms in total. The number of urea groups is 1. The van der Waals surface area contributed by atoms with E-state index in [2.05, 4.69) is 5.32 Å². The third-order valence-corrected chi connectivity index (χ3v) is 2.34. The first-order valence-electron chi connectivity index (χ1n) is 5.32. The summed E-state index contributed by atoms with van der Waals surface area (Å²) in [5.74, 6) is -0.822. The van der Waals surface area contributed by atoms with Crippen molar-refractivity contribution in [3.8, 4) is 0 Å². The minimum absolute atomic E-state index is 0.0804. The summed E-state index contributed by atoms with van der Waals surface area (Å²) in [7, 11) is 1.60. The van der Waals surface area contributed by atoms with Crippen LogP contribution in [0.25, 0.3) is 0 Å². The van der Waals surface area contributed by atoms with Crippen LogP contribution < -0.4 is 5.32 Å². The number of nitrogens with zero attached hydrogens (tertiary/aromatic N) is 1. The van der Waals surface area contributed by atoms with Gasteiger partial charge in [0.15, 0.2) is 0 Å². The minimum Gasteiger partial charge on any atom is -0.481 e. The first-order chi connectivity index (χ1) is 7.49. The second kappa shape index (κ2) is 7.92. The quantitative estimate of drug-likeness (QED) is 0.549. The Kier molecular flexibility index (Phi) is 7.28. The molecule has 0 saturated carbocycles. The molecule has 0 radical (unpaired) electrons. The molecule has 0 aromatic carbocycles. The Labute approximate surface area is 95.2 Å². The third kappa shape index (κ3) is 6.23. The van der Waals surface area contributed by atoms with Crippen LogP contribution >= 0.6 is 0 Å². The number of nitrogens with one attached hydrogen (secondary N) is 1. The minimum atomic E-state index is -0.822. The molecule has 1 atom stereocenters. The van der Waals surface area contributed by atoms with Crippen molar-refractivity contribution in [2.75, 3.05) is 20.2 Å². The van der Waals surface area contributed by atoms with Gasteiger partial charge in [-0.2, -0.15) is 0 Å². The van der Waals surface area contributed by atoms with E-state index in [1.807, 2.05) is 0 Å². The van der Waals surface area contributed by atoms with Gasteiger partial charge >= 0.3 is 12.0 Å². The van der Waals surface area contributed by atoms with Crippen molar-refractivity contribution >= 4 is 12.0 Å². The van der Waals surface area contributed by atoms with Crippen molar-refractivity contribution in [2.45, 2.75) is 32.2 Å². The highest BCUT2D eigenvalue weighted by molar-refractivity contribution is 5.74. The van der Waals surface area contributed by atoms with E-state index >= 15 is 0 Å². The predicted octanol–water partition coefficient (Wildman–Crippen LogP) is 0.263. The zero-order chi connectivity index (χ0) is 12.6. The molecule has 0 aromatic rings. The van der Waals surface area contributed by atoms with Gasteiger partial charge in [0.25, 0.3) is 0 Å². The van der Waals surface area contributed by atoms with E-state index in [1.54, 1.807) is 14.0 Å². The lowest BCUT2D eigenvalue weighted by molar-refractivity contribution is -0.137. The van der Waals surface area contributed by atoms with Crippen LogP contribution in [0.3, 0.4) is 0 Å². The highest BCUT2D eigenvalue weighted by Crippen LogP contribution is 1.96. The van der Waals surface area contributed by atoms with Gasteiger partial charge in [-0.15, -0.1) is 0 Å². The molecule has 94 valence electrons. The fourth-order valence-electron chi connectivity index (χ4n) is 1.04. The largest absolute Gasteiger partial charge is 0.481 e. The fraction of sp³-hybridized carbons (Fsp3) is 0.800. The average molecular weight is 232 g/mol. The number of hydrogen-bond donors (Lipinski definition) is 3. The summed E-state index contributed by atoms with van der Waals surface area (Å²) in [6, 6.07) is -0.476. The van der Waals surface area contributed by atoms with Crippen LogP contribution in [0, 0.1) is 0 Å². The Bertz CT molecular complexity index is 233. The van der Waals surface area contributed by atoms with E-state index in [4.69, 9.17) is 10.2 Å². The normalized spacial score (nSPS) is 11.9. The van der Waals surface area contributed by atoms with E-state index in [-0.39, 0.29) is 25.1 Å². The molecule has 0 aliphatic carbocycles. The molecule has 2 amide bonds. The number of aliphatic hydroxyl groups excluding tert-OH is 1. The number of rotatable bonds is 7. The maximum atomic E-state index is 11.4. The lowest BCUT2D eigenvalue weighted by atomic mass is 10.2. The number of aliphatic carboxylic acids is 1. The van der Waals surface area contributed by atoms with Gasteiger partial charge in [0, 0.05) is 20.0 Å². The Morgan fingerprint density at radius 3 is 2.50 bits per heavy atom. The van der Waals surface area contributed by atoms with Gasteiger partial charge < -0.3 is 20.4 Å². The molecular formula is C10H20N2O4. The van der Waals surface area contributed by atoms with E-state index in [1.165, 1.54) is 4.90 Å². The molecule has 0 fully saturated rings. The highest BCUT2D eigenvalue weighted by atomic mass is 16.4. The summed E-state index contributed by atoms with van der Waals surface area (Å²) in [4.78, 5) is 23.1. The molecule has 3 N–H and O–H groups in total. The lowest BCUT2D eigenvalue weighted by Gasteiger charge is -2.23. The topological polar surface area (TPSA) is 89.9 Å². The van der Waals surface area contributed by atoms with Crippen molar-refractivity contribution in [3.63, 3.8) is 0 Å². The summed E-state index contributed by atoms with van der Waals surface area (Å²) >= 11 is 0. The molecule has 0 aromatic heterocycles. The maximum Gasteiger partial charge on any atom is 0.317 e. The molecule has 0 rings (SSSR count). The molecule has 0 spiro atoms. The van der Waals surface area contributed by atoms with Crippen LogP contribution in [-0.2, 0) is 4.79 Å². The smallest absolute Gasteiger partial charge is 0.317 e. The zero-order valence-electron chi connectivity index (χ0n) is 9.77. The molecule has 1 unspecified atom stereocenters. The Hall–Kier alpha value is -1.30. The summed E-state index contributed by atoms with van der Waals surface area (Å²) in [6.45, 7) is 2.11. The van der Waals surface area contributed by atoms with E-state index in [0.29, 0.717) is 19.4 Å². The molecule has 0 heterocycles. The number of hydrogen-bond acceptors (Lipinski definition) is 3. The van der Waals surface area contributed by atoms with E-state index < -0.39 is 5.97 Å². The average Bonchev–Trinajstić information content (AvgIpc) is 2.25. The Morgan fingerprint density at radius 1 is 1.38 bits per heavy atom. The number of unbranched alkanes of at least 4 members (excludes halogenated alkanes) is 1. The van der Waals surface area contributed by atoms with Gasteiger partial charge in [-0.25, -0.2) is 4.79 Å². The number of carboxylic acid groups (broad SMARTS) is 1. The van der Waals surface area contributed by atoms with E-state index in [0.717, 1.165) is 0 Å². The van der Waals surface area contributed by atoms with Crippen molar-refractivity contribution in [1.82, 2.24) is 10.2 Å². The highest BCUT2D eigenvalue weighted by Gasteiger charge is 2.13. The van der Waals surface area contributed by atoms with Crippen LogP contribution in [0.15, 0.2) is 0 Å². The molecule has 6 heteroatoms. The van der Waals surface area contributed by atoms with Crippen LogP contribution in [0.5, 0.6) is 0 Å². The SMILES string of the molecule is CC(CO)N(C)C(=O)NCCCCC(=O)O. The number of carboxylic acids is 1. The third-order valence-electron chi connectivity index (χ3n) is 2.34. The maximum absolute atomic E-state index is 11.4. The monoisotopic (exact) mass is 232 g/mol. The first kappa shape index (κ1) is 14.7. The fourth-order valence-corrected chi connectivity index (χ4v) is 1.04. The second-order valence-corrected chi connectivity index (χ2v) is 3.73. The number of carbonyl (C=O) groups is 2. The van der Waals surface area contributed by atoms with Crippen molar-refractivity contribution in [2.24, 2.45) is 0 Å². The van der Waals surface area contributed by atoms with Crippen molar-refractivity contribution in [3.05, 3.63) is 0 Å². The van der Waals surface area contributed by atoms with Crippen LogP contribution in [-0.4, -0.2) is 53.4 Å². The molecule has 0 bridgehead atoms. The lowest BCUT2D eigenvalue weighted by Crippen LogP contribution is -2.44. The standard InChI is InChI=1S/C10H20N2O4/c1-8(7-13)12(2)10(16)11-6-4-3-5-9(14)15/h8,13H,3-7H2,1-2H3,(H,11,16)(H,14,15). The molecule has 0 aliphatic heterocycles. The molecule has 16 heavy (non-hydrogen) atoms. The summed E-state index contributed by atoms with van der Waals surface area (Å²) in [6.07, 6.45) is 1.31. The summed E-state index contributed by atoms with van der Waals surface area (Å²) in [5.41, 5.74) is 0. The van der Waals surface area contributed by atoms with Crippen molar-refractivity contribution < 1.29 is 19.8 Å². The second-order valence-electron chi connectivity index (χ2n) is 3.73. The van der Waals surface area contributed by atoms with Gasteiger partial charge in [-0.05, 0) is 19.8 Å². The zero-order valence-corrected chi connectivity index (χ0v) is 9.77. The summed E-state index contributed by atoms with van der Waals surface area (Å²) in [5, 5.41) is 19.9. The molecular weight excluding hydrogens is 212 g/mol. The number of likely N-dealkylation sites (N-methyl/N-ethyl adjacent to an activating group) is 1. The molecule has 0 saturated heterocycles. The summed E-state index contributed by atoms with van der Waals surface area (Å²) < 4.78 is 0. The van der Waals surface area contributed by atoms with Crippen LogP contribution in [0.2, 0.25) is 0 Å².